The van der Waals surface area contributed by atoms with E-state index in [1.807, 2.05) is 5.32 Å². The van der Waals surface area contributed by atoms with Crippen LogP contribution in [0.4, 0.5) is 33.8 Å². The Morgan fingerprint density at radius 2 is 1.62 bits per heavy atom. The van der Waals surface area contributed by atoms with Crippen LogP contribution in [0.2, 0.25) is 0 Å². The third-order valence-electron chi connectivity index (χ3n) is 2.22. The summed E-state index contributed by atoms with van der Waals surface area (Å²) in [6.07, 6.45) is -4.48. The van der Waals surface area contributed by atoms with Crippen molar-refractivity contribution in [3.63, 3.8) is 0 Å². The summed E-state index contributed by atoms with van der Waals surface area (Å²) in [7, 11) is 0. The van der Waals surface area contributed by atoms with E-state index in [-0.39, 0.29) is 17.3 Å². The minimum Gasteiger partial charge on any atom is -0.368 e. The van der Waals surface area contributed by atoms with E-state index in [1.165, 1.54) is 0 Å². The van der Waals surface area contributed by atoms with Gasteiger partial charge in [-0.15, -0.1) is 0 Å². The van der Waals surface area contributed by atoms with Crippen LogP contribution < -0.4 is 11.1 Å². The molecule has 0 radical (unpaired) electrons. The molecule has 0 saturated heterocycles. The summed E-state index contributed by atoms with van der Waals surface area (Å²) in [5.74, 6) is -2.83. The number of nitrogens with zero attached hydrogens (tertiary/aromatic N) is 3. The molecule has 5 nitrogen and oxygen atoms in total. The average Bonchev–Trinajstić information content (AvgIpc) is 2.34. The van der Waals surface area contributed by atoms with Crippen LogP contribution in [0.5, 0.6) is 0 Å². The minimum atomic E-state index is -4.48. The van der Waals surface area contributed by atoms with Gasteiger partial charge in [-0.05, 0) is 12.1 Å². The molecule has 1 aromatic carbocycles. The van der Waals surface area contributed by atoms with Crippen LogP contribution >= 0.6 is 0 Å². The standard InChI is InChI=1S/C11H8F5N5/c12-6-1-5(2-7(13)3-6)8-19-9(17)21-10(20-8)18-4-11(14,15)16/h1-3H,4H2,(H3,17,18,19,20,21). The zero-order valence-corrected chi connectivity index (χ0v) is 10.2. The fraction of sp³-hybridized carbons (Fsp3) is 0.182. The molecule has 1 aromatic heterocycles. The number of nitrogens with two attached hydrogens (primary N) is 1. The van der Waals surface area contributed by atoms with Gasteiger partial charge in [-0.3, -0.25) is 0 Å². The van der Waals surface area contributed by atoms with E-state index < -0.39 is 30.3 Å². The number of nitrogen functional groups attached to an aromatic ring is 1. The van der Waals surface area contributed by atoms with E-state index in [0.29, 0.717) is 6.07 Å². The van der Waals surface area contributed by atoms with Gasteiger partial charge in [0.05, 0.1) is 0 Å². The molecule has 112 valence electrons. The van der Waals surface area contributed by atoms with Crippen molar-refractivity contribution in [3.05, 3.63) is 29.8 Å². The van der Waals surface area contributed by atoms with Gasteiger partial charge in [0, 0.05) is 11.6 Å². The Labute approximate surface area is 115 Å². The number of halogens is 5. The maximum Gasteiger partial charge on any atom is 0.405 e. The smallest absolute Gasteiger partial charge is 0.368 e. The summed E-state index contributed by atoms with van der Waals surface area (Å²) in [5.41, 5.74) is 5.27. The normalized spacial score (nSPS) is 11.5. The molecule has 10 heteroatoms. The number of hydrogen-bond donors (Lipinski definition) is 2. The molecule has 0 fully saturated rings. The quantitative estimate of drug-likeness (QED) is 0.851. The second kappa shape index (κ2) is 5.46. The van der Waals surface area contributed by atoms with Crippen LogP contribution in [0.25, 0.3) is 11.4 Å². The van der Waals surface area contributed by atoms with E-state index in [0.717, 1.165) is 12.1 Å². The number of alkyl halides is 3. The summed E-state index contributed by atoms with van der Waals surface area (Å²) in [6.45, 7) is -1.38. The summed E-state index contributed by atoms with van der Waals surface area (Å²) in [6, 6.07) is 2.48. The fourth-order valence-electron chi connectivity index (χ4n) is 1.46. The molecule has 0 bridgehead atoms. The first-order valence-electron chi connectivity index (χ1n) is 5.51. The average molecular weight is 305 g/mol. The zero-order chi connectivity index (χ0) is 15.6. The molecule has 0 aliphatic rings. The van der Waals surface area contributed by atoms with Crippen LogP contribution in [0.15, 0.2) is 18.2 Å². The molecule has 0 unspecified atom stereocenters. The molecular formula is C11H8F5N5. The fourth-order valence-corrected chi connectivity index (χ4v) is 1.46. The lowest BCUT2D eigenvalue weighted by Gasteiger charge is -2.09. The lowest BCUT2D eigenvalue weighted by molar-refractivity contribution is -0.115. The van der Waals surface area contributed by atoms with Crippen LogP contribution in [-0.2, 0) is 0 Å². The van der Waals surface area contributed by atoms with Crippen molar-refractivity contribution in [2.24, 2.45) is 0 Å². The molecule has 0 spiro atoms. The topological polar surface area (TPSA) is 76.7 Å². The number of benzene rings is 1. The van der Waals surface area contributed by atoms with Crippen molar-refractivity contribution >= 4 is 11.9 Å². The van der Waals surface area contributed by atoms with Crippen LogP contribution in [-0.4, -0.2) is 27.7 Å². The second-order valence-electron chi connectivity index (χ2n) is 3.97. The van der Waals surface area contributed by atoms with Crippen LogP contribution in [0.1, 0.15) is 0 Å². The van der Waals surface area contributed by atoms with Crippen molar-refractivity contribution in [2.75, 3.05) is 17.6 Å². The Morgan fingerprint density at radius 1 is 1.00 bits per heavy atom. The Kier molecular flexibility index (Phi) is 3.87. The molecule has 3 N–H and O–H groups in total. The van der Waals surface area contributed by atoms with Gasteiger partial charge in [0.2, 0.25) is 11.9 Å². The van der Waals surface area contributed by atoms with Gasteiger partial charge in [0.15, 0.2) is 5.82 Å². The van der Waals surface area contributed by atoms with E-state index in [9.17, 15) is 22.0 Å². The van der Waals surface area contributed by atoms with Gasteiger partial charge in [-0.25, -0.2) is 8.78 Å². The SMILES string of the molecule is Nc1nc(NCC(F)(F)F)nc(-c2cc(F)cc(F)c2)n1. The lowest BCUT2D eigenvalue weighted by Crippen LogP contribution is -2.22. The Balaban J connectivity index is 2.34. The Hall–Kier alpha value is -2.52. The van der Waals surface area contributed by atoms with Gasteiger partial charge in [-0.2, -0.15) is 28.1 Å². The zero-order valence-electron chi connectivity index (χ0n) is 10.2. The van der Waals surface area contributed by atoms with E-state index in [2.05, 4.69) is 15.0 Å². The molecule has 2 aromatic rings. The van der Waals surface area contributed by atoms with Gasteiger partial charge in [0.1, 0.15) is 18.2 Å². The highest BCUT2D eigenvalue weighted by Crippen LogP contribution is 2.20. The van der Waals surface area contributed by atoms with Gasteiger partial charge in [0.25, 0.3) is 0 Å². The molecule has 0 atom stereocenters. The maximum atomic E-state index is 13.1. The number of nitrogens with one attached hydrogen (secondary N) is 1. The first-order valence-corrected chi connectivity index (χ1v) is 5.51. The third-order valence-corrected chi connectivity index (χ3v) is 2.22. The van der Waals surface area contributed by atoms with Crippen molar-refractivity contribution in [1.82, 2.24) is 15.0 Å². The Bertz CT molecular complexity index is 638. The van der Waals surface area contributed by atoms with Crippen molar-refractivity contribution in [1.29, 1.82) is 0 Å². The summed E-state index contributed by atoms with van der Waals surface area (Å²) in [5, 5.41) is 1.91. The number of rotatable bonds is 3. The highest BCUT2D eigenvalue weighted by atomic mass is 19.4. The van der Waals surface area contributed by atoms with E-state index in [1.54, 1.807) is 0 Å². The summed E-state index contributed by atoms with van der Waals surface area (Å²) < 4.78 is 62.5. The highest BCUT2D eigenvalue weighted by molar-refractivity contribution is 5.57. The monoisotopic (exact) mass is 305 g/mol. The lowest BCUT2D eigenvalue weighted by atomic mass is 10.2. The molecule has 2 rings (SSSR count). The molecule has 0 amide bonds. The summed E-state index contributed by atoms with van der Waals surface area (Å²) >= 11 is 0. The number of aromatic nitrogens is 3. The van der Waals surface area contributed by atoms with Crippen molar-refractivity contribution in [3.8, 4) is 11.4 Å². The maximum absolute atomic E-state index is 13.1. The van der Waals surface area contributed by atoms with Gasteiger partial charge < -0.3 is 11.1 Å². The highest BCUT2D eigenvalue weighted by Gasteiger charge is 2.27. The molecule has 0 aliphatic carbocycles. The van der Waals surface area contributed by atoms with E-state index in [4.69, 9.17) is 5.73 Å². The second-order valence-corrected chi connectivity index (χ2v) is 3.97. The summed E-state index contributed by atoms with van der Waals surface area (Å²) in [4.78, 5) is 10.7. The van der Waals surface area contributed by atoms with E-state index >= 15 is 0 Å². The third kappa shape index (κ3) is 4.23. The number of hydrogen-bond acceptors (Lipinski definition) is 5. The van der Waals surface area contributed by atoms with Crippen molar-refractivity contribution < 1.29 is 22.0 Å². The Morgan fingerprint density at radius 3 is 2.19 bits per heavy atom. The van der Waals surface area contributed by atoms with Crippen LogP contribution in [0, 0.1) is 11.6 Å². The van der Waals surface area contributed by atoms with Crippen molar-refractivity contribution in [2.45, 2.75) is 6.18 Å². The first-order chi connectivity index (χ1) is 9.73. The van der Waals surface area contributed by atoms with Gasteiger partial charge in [-0.1, -0.05) is 0 Å². The largest absolute Gasteiger partial charge is 0.405 e. The minimum absolute atomic E-state index is 0.0725. The predicted octanol–water partition coefficient (Wildman–Crippen LogP) is 2.37. The first kappa shape index (κ1) is 14.9. The molecule has 0 saturated carbocycles. The molecular weight excluding hydrogens is 297 g/mol. The number of anilines is 2. The molecule has 21 heavy (non-hydrogen) atoms. The molecule has 0 aliphatic heterocycles. The van der Waals surface area contributed by atoms with Crippen LogP contribution in [0.3, 0.4) is 0 Å². The predicted molar refractivity (Wildman–Crippen MR) is 64.1 cm³/mol. The molecule has 1 heterocycles. The van der Waals surface area contributed by atoms with Gasteiger partial charge >= 0.3 is 6.18 Å².